The summed E-state index contributed by atoms with van der Waals surface area (Å²) in [6.45, 7) is 0.303. The lowest BCUT2D eigenvalue weighted by molar-refractivity contribution is -0.137. The monoisotopic (exact) mass is 294 g/mol. The van der Waals surface area contributed by atoms with Gasteiger partial charge in [0.1, 0.15) is 6.54 Å². The number of urea groups is 1. The summed E-state index contributed by atoms with van der Waals surface area (Å²) in [7, 11) is 0. The third-order valence-corrected chi connectivity index (χ3v) is 3.36. The molecule has 2 amide bonds. The lowest BCUT2D eigenvalue weighted by Crippen LogP contribution is -2.30. The maximum absolute atomic E-state index is 11.6. The zero-order valence-corrected chi connectivity index (χ0v) is 11.4. The number of aliphatic carboxylic acids is 1. The predicted octanol–water partition coefficient (Wildman–Crippen LogP) is 1.39. The summed E-state index contributed by atoms with van der Waals surface area (Å²) >= 11 is 1.65. The van der Waals surface area contributed by atoms with Gasteiger partial charge >= 0.3 is 12.0 Å². The summed E-state index contributed by atoms with van der Waals surface area (Å²) in [5.74, 6) is -0.986. The van der Waals surface area contributed by atoms with E-state index in [1.54, 1.807) is 11.3 Å². The average molecular weight is 294 g/mol. The Morgan fingerprint density at radius 2 is 2.30 bits per heavy atom. The average Bonchev–Trinajstić information content (AvgIpc) is 3.00. The quantitative estimate of drug-likeness (QED) is 0.750. The number of nitrogens with zero attached hydrogens (tertiary/aromatic N) is 2. The van der Waals surface area contributed by atoms with Gasteiger partial charge in [-0.1, -0.05) is 6.07 Å². The standard InChI is InChI=1S/C12H14N4O3S/c17-11(18)8-16-7-9(6-14-16)15-12(19)13-4-3-10-2-1-5-20-10/h1-2,5-7H,3-4,8H2,(H,17,18)(H2,13,15,19). The van der Waals surface area contributed by atoms with Crippen molar-refractivity contribution in [3.63, 3.8) is 0 Å². The number of nitrogens with one attached hydrogen (secondary N) is 2. The van der Waals surface area contributed by atoms with Crippen LogP contribution < -0.4 is 10.6 Å². The lowest BCUT2D eigenvalue weighted by atomic mass is 10.3. The minimum atomic E-state index is -0.986. The molecule has 0 saturated carbocycles. The number of aromatic nitrogens is 2. The highest BCUT2D eigenvalue weighted by Crippen LogP contribution is 2.08. The number of hydrogen-bond donors (Lipinski definition) is 3. The third-order valence-electron chi connectivity index (χ3n) is 2.43. The molecule has 2 heterocycles. The van der Waals surface area contributed by atoms with Crippen LogP contribution in [0.25, 0.3) is 0 Å². The van der Waals surface area contributed by atoms with E-state index in [-0.39, 0.29) is 12.6 Å². The Bertz CT molecular complexity index is 579. The van der Waals surface area contributed by atoms with Gasteiger partial charge in [-0.15, -0.1) is 11.3 Å². The molecular weight excluding hydrogens is 280 g/mol. The number of thiophene rings is 1. The molecule has 0 fully saturated rings. The van der Waals surface area contributed by atoms with E-state index < -0.39 is 5.97 Å². The zero-order chi connectivity index (χ0) is 14.4. The van der Waals surface area contributed by atoms with Crippen LogP contribution in [0.1, 0.15) is 4.88 Å². The Balaban J connectivity index is 1.73. The molecule has 3 N–H and O–H groups in total. The van der Waals surface area contributed by atoms with Crippen LogP contribution in [0.3, 0.4) is 0 Å². The van der Waals surface area contributed by atoms with Gasteiger partial charge in [0.25, 0.3) is 0 Å². The van der Waals surface area contributed by atoms with E-state index in [4.69, 9.17) is 5.11 Å². The molecule has 20 heavy (non-hydrogen) atoms. The minimum Gasteiger partial charge on any atom is -0.480 e. The van der Waals surface area contributed by atoms with Gasteiger partial charge in [0.05, 0.1) is 11.9 Å². The smallest absolute Gasteiger partial charge is 0.325 e. The lowest BCUT2D eigenvalue weighted by Gasteiger charge is -2.04. The van der Waals surface area contributed by atoms with Crippen LogP contribution in [-0.2, 0) is 17.8 Å². The molecule has 106 valence electrons. The van der Waals surface area contributed by atoms with Crippen molar-refractivity contribution in [2.24, 2.45) is 0 Å². The maximum atomic E-state index is 11.6. The molecule has 2 aromatic rings. The van der Waals surface area contributed by atoms with Gasteiger partial charge in [-0.25, -0.2) is 4.79 Å². The maximum Gasteiger partial charge on any atom is 0.325 e. The van der Waals surface area contributed by atoms with Gasteiger partial charge in [0.2, 0.25) is 0 Å². The van der Waals surface area contributed by atoms with E-state index in [0.717, 1.165) is 6.42 Å². The van der Waals surface area contributed by atoms with Crippen molar-refractivity contribution in [1.82, 2.24) is 15.1 Å². The van der Waals surface area contributed by atoms with Crippen molar-refractivity contribution in [2.75, 3.05) is 11.9 Å². The van der Waals surface area contributed by atoms with Gasteiger partial charge in [-0.05, 0) is 17.9 Å². The van der Waals surface area contributed by atoms with Crippen LogP contribution in [0.5, 0.6) is 0 Å². The Morgan fingerprint density at radius 3 is 3.00 bits per heavy atom. The zero-order valence-electron chi connectivity index (χ0n) is 10.6. The molecule has 0 saturated heterocycles. The van der Waals surface area contributed by atoms with Crippen molar-refractivity contribution >= 4 is 29.0 Å². The first-order valence-corrected chi connectivity index (χ1v) is 6.83. The van der Waals surface area contributed by atoms with Crippen molar-refractivity contribution in [3.8, 4) is 0 Å². The SMILES string of the molecule is O=C(O)Cn1cc(NC(=O)NCCc2cccs2)cn1. The fourth-order valence-electron chi connectivity index (χ4n) is 1.58. The van der Waals surface area contributed by atoms with Crippen molar-refractivity contribution < 1.29 is 14.7 Å². The van der Waals surface area contributed by atoms with Crippen LogP contribution >= 0.6 is 11.3 Å². The molecule has 0 aliphatic carbocycles. The van der Waals surface area contributed by atoms with Gasteiger partial charge in [0.15, 0.2) is 0 Å². The molecule has 0 aliphatic rings. The molecule has 8 heteroatoms. The largest absolute Gasteiger partial charge is 0.480 e. The summed E-state index contributed by atoms with van der Waals surface area (Å²) in [6, 6.07) is 3.65. The molecule has 0 radical (unpaired) electrons. The van der Waals surface area contributed by atoms with Crippen LogP contribution in [0.4, 0.5) is 10.5 Å². The number of amides is 2. The van der Waals surface area contributed by atoms with Crippen LogP contribution in [0.2, 0.25) is 0 Å². The molecule has 0 aliphatic heterocycles. The van der Waals surface area contributed by atoms with Crippen LogP contribution in [0, 0.1) is 0 Å². The van der Waals surface area contributed by atoms with Gasteiger partial charge in [-0.2, -0.15) is 5.10 Å². The van der Waals surface area contributed by atoms with E-state index >= 15 is 0 Å². The van der Waals surface area contributed by atoms with Crippen molar-refractivity contribution in [1.29, 1.82) is 0 Å². The Hall–Kier alpha value is -2.35. The minimum absolute atomic E-state index is 0.234. The summed E-state index contributed by atoms with van der Waals surface area (Å²) in [6.07, 6.45) is 3.65. The van der Waals surface area contributed by atoms with Gasteiger partial charge in [-0.3, -0.25) is 9.48 Å². The fraction of sp³-hybridized carbons (Fsp3) is 0.250. The number of rotatable bonds is 6. The Morgan fingerprint density at radius 1 is 1.45 bits per heavy atom. The summed E-state index contributed by atoms with van der Waals surface area (Å²) in [5, 5.41) is 19.7. The topological polar surface area (TPSA) is 96.2 Å². The number of carbonyl (C=O) groups excluding carboxylic acids is 1. The molecule has 0 unspecified atom stereocenters. The second-order valence-corrected chi connectivity index (χ2v) is 5.06. The van der Waals surface area contributed by atoms with E-state index in [1.807, 2.05) is 17.5 Å². The highest BCUT2D eigenvalue weighted by Gasteiger charge is 2.05. The number of anilines is 1. The molecule has 0 bridgehead atoms. The fourth-order valence-corrected chi connectivity index (χ4v) is 2.29. The second-order valence-electron chi connectivity index (χ2n) is 4.03. The highest BCUT2D eigenvalue weighted by molar-refractivity contribution is 7.09. The second kappa shape index (κ2) is 6.71. The first kappa shape index (κ1) is 14.1. The summed E-state index contributed by atoms with van der Waals surface area (Å²) in [4.78, 5) is 23.3. The Labute approximate surface area is 119 Å². The molecular formula is C12H14N4O3S. The summed E-state index contributed by atoms with van der Waals surface area (Å²) < 4.78 is 1.24. The van der Waals surface area contributed by atoms with Crippen LogP contribution in [-0.4, -0.2) is 33.4 Å². The molecule has 2 rings (SSSR count). The van der Waals surface area contributed by atoms with Gasteiger partial charge < -0.3 is 15.7 Å². The van der Waals surface area contributed by atoms with Crippen LogP contribution in [0.15, 0.2) is 29.9 Å². The van der Waals surface area contributed by atoms with E-state index in [9.17, 15) is 9.59 Å². The van der Waals surface area contributed by atoms with Gasteiger partial charge in [0, 0.05) is 17.6 Å². The number of carboxylic acid groups (broad SMARTS) is 1. The molecule has 0 atom stereocenters. The van der Waals surface area contributed by atoms with E-state index in [1.165, 1.54) is 22.0 Å². The highest BCUT2D eigenvalue weighted by atomic mass is 32.1. The normalized spacial score (nSPS) is 10.2. The first-order valence-electron chi connectivity index (χ1n) is 5.95. The number of carbonyl (C=O) groups is 2. The van der Waals surface area contributed by atoms with E-state index in [2.05, 4.69) is 15.7 Å². The molecule has 7 nitrogen and oxygen atoms in total. The van der Waals surface area contributed by atoms with E-state index in [0.29, 0.717) is 12.2 Å². The molecule has 2 aromatic heterocycles. The Kier molecular flexibility index (Phi) is 4.72. The molecule has 0 aromatic carbocycles. The molecule has 0 spiro atoms. The first-order chi connectivity index (χ1) is 9.63. The third kappa shape index (κ3) is 4.39. The van der Waals surface area contributed by atoms with Crippen molar-refractivity contribution in [3.05, 3.63) is 34.8 Å². The summed E-state index contributed by atoms with van der Waals surface area (Å²) in [5.41, 5.74) is 0.458. The van der Waals surface area contributed by atoms with Crippen molar-refractivity contribution in [2.45, 2.75) is 13.0 Å². The number of hydrogen-bond acceptors (Lipinski definition) is 4. The number of carboxylic acids is 1. The predicted molar refractivity (Wildman–Crippen MR) is 74.9 cm³/mol.